The van der Waals surface area contributed by atoms with Gasteiger partial charge in [0, 0.05) is 18.5 Å². The first kappa shape index (κ1) is 15.4. The fraction of sp³-hybridized carbons (Fsp3) is 0.167. The van der Waals surface area contributed by atoms with Crippen LogP contribution in [0, 0.1) is 11.6 Å². The van der Waals surface area contributed by atoms with Gasteiger partial charge in [0.15, 0.2) is 4.90 Å². The van der Waals surface area contributed by atoms with E-state index in [0.717, 1.165) is 22.5 Å². The molecule has 1 heterocycles. The third kappa shape index (κ3) is 3.01. The van der Waals surface area contributed by atoms with Gasteiger partial charge >= 0.3 is 0 Å². The minimum atomic E-state index is -4.24. The molecule has 2 aromatic rings. The molecule has 0 aliphatic rings. The molecule has 0 fully saturated rings. The first-order chi connectivity index (χ1) is 9.32. The summed E-state index contributed by atoms with van der Waals surface area (Å²) in [5.74, 6) is -2.22. The quantitative estimate of drug-likeness (QED) is 0.856. The van der Waals surface area contributed by atoms with Crippen molar-refractivity contribution in [1.29, 1.82) is 0 Å². The molecule has 20 heavy (non-hydrogen) atoms. The number of sulfonamides is 1. The molecular formula is C12H10ClF2NO2S2. The minimum Gasteiger partial charge on any atom is -0.207 e. The van der Waals surface area contributed by atoms with Gasteiger partial charge in [-0.15, -0.1) is 11.3 Å². The standard InChI is InChI=1S/C12H10ClF2NO2S2/c1-16(7-8-5-6-11(13)19-8)20(17,18)12-9(14)3-2-4-10(12)15/h2-6H,7H2,1H3. The second kappa shape index (κ2) is 5.77. The molecule has 0 saturated heterocycles. The van der Waals surface area contributed by atoms with Crippen molar-refractivity contribution in [2.75, 3.05) is 7.05 Å². The average molecular weight is 338 g/mol. The number of hydrogen-bond acceptors (Lipinski definition) is 3. The number of benzene rings is 1. The van der Waals surface area contributed by atoms with E-state index in [1.54, 1.807) is 12.1 Å². The number of hydrogen-bond donors (Lipinski definition) is 0. The summed E-state index contributed by atoms with van der Waals surface area (Å²) in [6.45, 7) is -0.00645. The maximum absolute atomic E-state index is 13.6. The highest BCUT2D eigenvalue weighted by atomic mass is 35.5. The Morgan fingerprint density at radius 2 is 1.80 bits per heavy atom. The molecule has 0 spiro atoms. The van der Waals surface area contributed by atoms with Crippen LogP contribution >= 0.6 is 22.9 Å². The van der Waals surface area contributed by atoms with Gasteiger partial charge in [-0.05, 0) is 24.3 Å². The normalized spacial score (nSPS) is 12.1. The van der Waals surface area contributed by atoms with Gasteiger partial charge in [-0.2, -0.15) is 4.31 Å². The summed E-state index contributed by atoms with van der Waals surface area (Å²) in [6.07, 6.45) is 0. The smallest absolute Gasteiger partial charge is 0.207 e. The summed E-state index contributed by atoms with van der Waals surface area (Å²) in [5, 5.41) is 0. The molecule has 0 N–H and O–H groups in total. The van der Waals surface area contributed by atoms with Crippen LogP contribution in [0.4, 0.5) is 8.78 Å². The van der Waals surface area contributed by atoms with E-state index in [-0.39, 0.29) is 6.54 Å². The van der Waals surface area contributed by atoms with Crippen LogP contribution in [-0.2, 0) is 16.6 Å². The van der Waals surface area contributed by atoms with Crippen LogP contribution in [0.2, 0.25) is 4.34 Å². The van der Waals surface area contributed by atoms with Crippen molar-refractivity contribution >= 4 is 33.0 Å². The van der Waals surface area contributed by atoms with Crippen molar-refractivity contribution in [3.63, 3.8) is 0 Å². The Bertz CT molecular complexity index is 711. The van der Waals surface area contributed by atoms with Gasteiger partial charge in [-0.1, -0.05) is 17.7 Å². The van der Waals surface area contributed by atoms with E-state index in [4.69, 9.17) is 11.6 Å². The molecule has 0 amide bonds. The highest BCUT2D eigenvalue weighted by molar-refractivity contribution is 7.89. The Labute approximate surface area is 124 Å². The van der Waals surface area contributed by atoms with E-state index in [0.29, 0.717) is 9.21 Å². The lowest BCUT2D eigenvalue weighted by Crippen LogP contribution is -2.27. The van der Waals surface area contributed by atoms with Gasteiger partial charge in [0.05, 0.1) is 4.34 Å². The second-order valence-electron chi connectivity index (χ2n) is 4.02. The molecule has 0 aliphatic heterocycles. The molecule has 3 nitrogen and oxygen atoms in total. The van der Waals surface area contributed by atoms with Gasteiger partial charge < -0.3 is 0 Å². The second-order valence-corrected chi connectivity index (χ2v) is 7.80. The molecule has 0 bridgehead atoms. The topological polar surface area (TPSA) is 37.4 Å². The largest absolute Gasteiger partial charge is 0.249 e. The third-order valence-electron chi connectivity index (χ3n) is 2.59. The van der Waals surface area contributed by atoms with Crippen LogP contribution in [0.25, 0.3) is 0 Å². The molecule has 0 unspecified atom stereocenters. The first-order valence-corrected chi connectivity index (χ1v) is 8.10. The molecule has 108 valence electrons. The summed E-state index contributed by atoms with van der Waals surface area (Å²) in [7, 11) is -2.98. The maximum atomic E-state index is 13.6. The van der Waals surface area contributed by atoms with Crippen LogP contribution < -0.4 is 0 Å². The number of thiophene rings is 1. The average Bonchev–Trinajstić information content (AvgIpc) is 2.74. The van der Waals surface area contributed by atoms with E-state index < -0.39 is 26.6 Å². The van der Waals surface area contributed by atoms with Crippen molar-refractivity contribution in [3.05, 3.63) is 51.2 Å². The SMILES string of the molecule is CN(Cc1ccc(Cl)s1)S(=O)(=O)c1c(F)cccc1F. The molecule has 0 aliphatic carbocycles. The van der Waals surface area contributed by atoms with Crippen LogP contribution in [0.5, 0.6) is 0 Å². The summed E-state index contributed by atoms with van der Waals surface area (Å²) in [6, 6.07) is 6.22. The predicted octanol–water partition coefficient (Wildman–Crippen LogP) is 3.50. The lowest BCUT2D eigenvalue weighted by Gasteiger charge is -2.17. The summed E-state index contributed by atoms with van der Waals surface area (Å²) < 4.78 is 53.0. The molecule has 0 atom stereocenters. The van der Waals surface area contributed by atoms with Crippen LogP contribution in [0.15, 0.2) is 35.2 Å². The molecule has 1 aromatic heterocycles. The highest BCUT2D eigenvalue weighted by Crippen LogP contribution is 2.26. The van der Waals surface area contributed by atoms with Crippen molar-refractivity contribution in [3.8, 4) is 0 Å². The van der Waals surface area contributed by atoms with E-state index in [9.17, 15) is 17.2 Å². The zero-order valence-corrected chi connectivity index (χ0v) is 12.7. The van der Waals surface area contributed by atoms with Gasteiger partial charge in [-0.3, -0.25) is 0 Å². The van der Waals surface area contributed by atoms with Crippen molar-refractivity contribution in [2.24, 2.45) is 0 Å². The van der Waals surface area contributed by atoms with E-state index in [1.807, 2.05) is 0 Å². The Balaban J connectivity index is 2.35. The Hall–Kier alpha value is -1.02. The predicted molar refractivity (Wildman–Crippen MR) is 74.3 cm³/mol. The van der Waals surface area contributed by atoms with Crippen LogP contribution in [0.3, 0.4) is 0 Å². The van der Waals surface area contributed by atoms with Crippen LogP contribution in [-0.4, -0.2) is 19.8 Å². The van der Waals surface area contributed by atoms with E-state index >= 15 is 0 Å². The summed E-state index contributed by atoms with van der Waals surface area (Å²) in [5.41, 5.74) is 0. The Morgan fingerprint density at radius 3 is 2.30 bits per heavy atom. The Kier molecular flexibility index (Phi) is 4.43. The summed E-state index contributed by atoms with van der Waals surface area (Å²) in [4.78, 5) is -0.261. The summed E-state index contributed by atoms with van der Waals surface area (Å²) >= 11 is 6.96. The van der Waals surface area contributed by atoms with Crippen LogP contribution in [0.1, 0.15) is 4.88 Å². The molecule has 0 saturated carbocycles. The lowest BCUT2D eigenvalue weighted by molar-refractivity contribution is 0.450. The number of nitrogens with zero attached hydrogens (tertiary/aromatic N) is 1. The van der Waals surface area contributed by atoms with Crippen molar-refractivity contribution in [1.82, 2.24) is 4.31 Å². The monoisotopic (exact) mass is 337 g/mol. The third-order valence-corrected chi connectivity index (χ3v) is 5.67. The van der Waals surface area contributed by atoms with E-state index in [2.05, 4.69) is 0 Å². The molecule has 8 heteroatoms. The lowest BCUT2D eigenvalue weighted by atomic mass is 10.3. The number of rotatable bonds is 4. The maximum Gasteiger partial charge on any atom is 0.249 e. The van der Waals surface area contributed by atoms with Gasteiger partial charge in [0.25, 0.3) is 0 Å². The first-order valence-electron chi connectivity index (χ1n) is 5.47. The van der Waals surface area contributed by atoms with Crippen molar-refractivity contribution in [2.45, 2.75) is 11.4 Å². The molecule has 2 rings (SSSR count). The zero-order chi connectivity index (χ0) is 14.9. The van der Waals surface area contributed by atoms with Crippen molar-refractivity contribution < 1.29 is 17.2 Å². The van der Waals surface area contributed by atoms with E-state index in [1.165, 1.54) is 18.4 Å². The van der Waals surface area contributed by atoms with Gasteiger partial charge in [-0.25, -0.2) is 17.2 Å². The Morgan fingerprint density at radius 1 is 1.20 bits per heavy atom. The van der Waals surface area contributed by atoms with Gasteiger partial charge in [0.1, 0.15) is 11.6 Å². The minimum absolute atomic E-state index is 0.00645. The highest BCUT2D eigenvalue weighted by Gasteiger charge is 2.28. The fourth-order valence-electron chi connectivity index (χ4n) is 1.63. The zero-order valence-electron chi connectivity index (χ0n) is 10.3. The molecular weight excluding hydrogens is 328 g/mol. The van der Waals surface area contributed by atoms with Gasteiger partial charge in [0.2, 0.25) is 10.0 Å². The molecule has 0 radical (unpaired) electrons. The fourth-order valence-corrected chi connectivity index (χ4v) is 4.10. The number of halogens is 3. The molecule has 1 aromatic carbocycles.